The summed E-state index contributed by atoms with van der Waals surface area (Å²) in [5.41, 5.74) is 3.87. The molecule has 160 valence electrons. The fourth-order valence-electron chi connectivity index (χ4n) is 4.66. The first-order chi connectivity index (χ1) is 15.0. The maximum absolute atomic E-state index is 12.6. The lowest BCUT2D eigenvalue weighted by atomic mass is 9.80. The number of nitrogens with zero attached hydrogens (tertiary/aromatic N) is 4. The minimum atomic E-state index is -0.412. The number of aromatic nitrogens is 3. The summed E-state index contributed by atoms with van der Waals surface area (Å²) in [6.45, 7) is 5.78. The van der Waals surface area contributed by atoms with E-state index in [-0.39, 0.29) is 23.9 Å². The smallest absolute Gasteiger partial charge is 0.337 e. The Labute approximate surface area is 181 Å². The minimum absolute atomic E-state index is 0.00310. The SMILES string of the molecule is CC[C@@H]1[C@H](C)[C@@H](n2cc(-c3ccccc3)nn2)c2cc(C(=O)OC)ccc2N1C(C)=O. The Morgan fingerprint density at radius 3 is 2.52 bits per heavy atom. The van der Waals surface area contributed by atoms with E-state index in [4.69, 9.17) is 4.74 Å². The van der Waals surface area contributed by atoms with E-state index in [0.29, 0.717) is 5.56 Å². The van der Waals surface area contributed by atoms with Crippen LogP contribution in [0.25, 0.3) is 11.3 Å². The van der Waals surface area contributed by atoms with Crippen LogP contribution in [0.1, 0.15) is 49.2 Å². The van der Waals surface area contributed by atoms with Crippen LogP contribution in [0, 0.1) is 5.92 Å². The largest absolute Gasteiger partial charge is 0.465 e. The Balaban J connectivity index is 1.87. The molecule has 1 aliphatic rings. The molecule has 1 aromatic heterocycles. The summed E-state index contributed by atoms with van der Waals surface area (Å²) < 4.78 is 6.77. The Bertz CT molecular complexity index is 1110. The molecule has 1 aliphatic heterocycles. The first kappa shape index (κ1) is 20.8. The van der Waals surface area contributed by atoms with Crippen LogP contribution in [0.3, 0.4) is 0 Å². The summed E-state index contributed by atoms with van der Waals surface area (Å²) in [5, 5.41) is 8.83. The van der Waals surface area contributed by atoms with Crippen molar-refractivity contribution in [1.82, 2.24) is 15.0 Å². The summed E-state index contributed by atoms with van der Waals surface area (Å²) in [6.07, 6.45) is 2.73. The number of esters is 1. The highest BCUT2D eigenvalue weighted by Crippen LogP contribution is 2.44. The van der Waals surface area contributed by atoms with Crippen molar-refractivity contribution in [3.05, 3.63) is 65.9 Å². The molecule has 4 rings (SSSR count). The van der Waals surface area contributed by atoms with E-state index in [1.807, 2.05) is 58.2 Å². The molecular formula is C24H26N4O3. The van der Waals surface area contributed by atoms with Crippen molar-refractivity contribution < 1.29 is 14.3 Å². The second-order valence-electron chi connectivity index (χ2n) is 7.88. The summed E-state index contributed by atoms with van der Waals surface area (Å²) in [4.78, 5) is 26.6. The number of carbonyl (C=O) groups excluding carboxylic acids is 2. The summed E-state index contributed by atoms with van der Waals surface area (Å²) in [7, 11) is 1.36. The molecule has 1 amide bonds. The molecule has 0 radical (unpaired) electrons. The Hall–Kier alpha value is -3.48. The molecule has 0 saturated carbocycles. The molecule has 0 saturated heterocycles. The van der Waals surface area contributed by atoms with Gasteiger partial charge in [-0.25, -0.2) is 9.48 Å². The number of methoxy groups -OCH3 is 1. The third kappa shape index (κ3) is 3.60. The molecule has 0 fully saturated rings. The van der Waals surface area contributed by atoms with Crippen LogP contribution in [0.5, 0.6) is 0 Å². The lowest BCUT2D eigenvalue weighted by Crippen LogP contribution is -2.49. The van der Waals surface area contributed by atoms with Crippen LogP contribution in [0.15, 0.2) is 54.7 Å². The van der Waals surface area contributed by atoms with Gasteiger partial charge in [0.1, 0.15) is 5.69 Å². The van der Waals surface area contributed by atoms with E-state index in [2.05, 4.69) is 24.2 Å². The van der Waals surface area contributed by atoms with Crippen LogP contribution in [0.2, 0.25) is 0 Å². The highest BCUT2D eigenvalue weighted by atomic mass is 16.5. The van der Waals surface area contributed by atoms with Gasteiger partial charge in [0.2, 0.25) is 5.91 Å². The monoisotopic (exact) mass is 418 g/mol. The predicted octanol–water partition coefficient (Wildman–Crippen LogP) is 4.10. The van der Waals surface area contributed by atoms with Crippen LogP contribution in [-0.4, -0.2) is 40.0 Å². The van der Waals surface area contributed by atoms with Crippen molar-refractivity contribution in [2.75, 3.05) is 12.0 Å². The van der Waals surface area contributed by atoms with Crippen molar-refractivity contribution in [3.8, 4) is 11.3 Å². The van der Waals surface area contributed by atoms with Gasteiger partial charge in [0, 0.05) is 35.7 Å². The Morgan fingerprint density at radius 1 is 1.13 bits per heavy atom. The van der Waals surface area contributed by atoms with Crippen LogP contribution < -0.4 is 4.90 Å². The van der Waals surface area contributed by atoms with Crippen molar-refractivity contribution in [3.63, 3.8) is 0 Å². The summed E-state index contributed by atoms with van der Waals surface area (Å²) in [6, 6.07) is 15.1. The molecule has 3 aromatic rings. The number of hydrogen-bond donors (Lipinski definition) is 0. The maximum Gasteiger partial charge on any atom is 0.337 e. The highest BCUT2D eigenvalue weighted by molar-refractivity contribution is 5.96. The highest BCUT2D eigenvalue weighted by Gasteiger charge is 2.41. The molecule has 2 aromatic carbocycles. The lowest BCUT2D eigenvalue weighted by Gasteiger charge is -2.44. The molecule has 31 heavy (non-hydrogen) atoms. The average molecular weight is 418 g/mol. The zero-order chi connectivity index (χ0) is 22.1. The normalized spacial score (nSPS) is 20.3. The zero-order valence-electron chi connectivity index (χ0n) is 18.1. The van der Waals surface area contributed by atoms with Crippen LogP contribution >= 0.6 is 0 Å². The third-order valence-electron chi connectivity index (χ3n) is 6.09. The van der Waals surface area contributed by atoms with Gasteiger partial charge in [0.25, 0.3) is 0 Å². The molecule has 3 atom stereocenters. The van der Waals surface area contributed by atoms with E-state index >= 15 is 0 Å². The predicted molar refractivity (Wildman–Crippen MR) is 118 cm³/mol. The van der Waals surface area contributed by atoms with E-state index < -0.39 is 5.97 Å². The number of fused-ring (bicyclic) bond motifs is 1. The quantitative estimate of drug-likeness (QED) is 0.596. The molecule has 0 unspecified atom stereocenters. The Kier molecular flexibility index (Phi) is 5.59. The second-order valence-corrected chi connectivity index (χ2v) is 7.88. The van der Waals surface area contributed by atoms with Crippen molar-refractivity contribution in [2.24, 2.45) is 5.92 Å². The van der Waals surface area contributed by atoms with E-state index in [0.717, 1.165) is 28.9 Å². The first-order valence-corrected chi connectivity index (χ1v) is 10.5. The van der Waals surface area contributed by atoms with Crippen molar-refractivity contribution in [1.29, 1.82) is 0 Å². The third-order valence-corrected chi connectivity index (χ3v) is 6.09. The summed E-state index contributed by atoms with van der Waals surface area (Å²) >= 11 is 0. The second kappa shape index (κ2) is 8.34. The average Bonchev–Trinajstić information content (AvgIpc) is 3.27. The molecule has 2 heterocycles. The number of anilines is 1. The molecule has 0 spiro atoms. The van der Waals surface area contributed by atoms with E-state index in [1.54, 1.807) is 13.0 Å². The van der Waals surface area contributed by atoms with E-state index in [9.17, 15) is 9.59 Å². The van der Waals surface area contributed by atoms with Crippen LogP contribution in [-0.2, 0) is 9.53 Å². The van der Waals surface area contributed by atoms with Gasteiger partial charge in [-0.05, 0) is 24.6 Å². The van der Waals surface area contributed by atoms with Crippen molar-refractivity contribution >= 4 is 17.6 Å². The number of benzene rings is 2. The zero-order valence-corrected chi connectivity index (χ0v) is 18.1. The Morgan fingerprint density at radius 2 is 1.87 bits per heavy atom. The fourth-order valence-corrected chi connectivity index (χ4v) is 4.66. The molecule has 0 bridgehead atoms. The fraction of sp³-hybridized carbons (Fsp3) is 0.333. The van der Waals surface area contributed by atoms with Crippen LogP contribution in [0.4, 0.5) is 5.69 Å². The molecular weight excluding hydrogens is 392 g/mol. The number of ether oxygens (including phenoxy) is 1. The van der Waals surface area contributed by atoms with Gasteiger partial charge in [-0.2, -0.15) is 0 Å². The number of rotatable bonds is 4. The van der Waals surface area contributed by atoms with Gasteiger partial charge in [-0.15, -0.1) is 5.10 Å². The maximum atomic E-state index is 12.6. The first-order valence-electron chi connectivity index (χ1n) is 10.5. The van der Waals surface area contributed by atoms with Gasteiger partial charge in [-0.1, -0.05) is 49.4 Å². The summed E-state index contributed by atoms with van der Waals surface area (Å²) in [5.74, 6) is -0.378. The number of carbonyl (C=O) groups is 2. The van der Waals surface area contributed by atoms with E-state index in [1.165, 1.54) is 7.11 Å². The molecule has 7 nitrogen and oxygen atoms in total. The van der Waals surface area contributed by atoms with Gasteiger partial charge < -0.3 is 9.64 Å². The minimum Gasteiger partial charge on any atom is -0.465 e. The van der Waals surface area contributed by atoms with Crippen molar-refractivity contribution in [2.45, 2.75) is 39.3 Å². The molecule has 0 N–H and O–H groups in total. The van der Waals surface area contributed by atoms with Gasteiger partial charge in [-0.3, -0.25) is 4.79 Å². The molecule has 0 aliphatic carbocycles. The van der Waals surface area contributed by atoms with Gasteiger partial charge in [0.05, 0.1) is 24.9 Å². The molecule has 7 heteroatoms. The lowest BCUT2D eigenvalue weighted by molar-refractivity contribution is -0.117. The standard InChI is InChI=1S/C24H26N4O3/c1-5-21-15(2)23(27-14-20(25-26-27)17-9-7-6-8-10-17)19-13-18(24(30)31-4)11-12-22(19)28(21)16(3)29/h6-15,21,23H,5H2,1-4H3/t15-,21+,23+/m0/s1. The topological polar surface area (TPSA) is 77.3 Å². The number of hydrogen-bond acceptors (Lipinski definition) is 5. The number of amides is 1. The van der Waals surface area contributed by atoms with Gasteiger partial charge >= 0.3 is 5.97 Å². The van der Waals surface area contributed by atoms with Gasteiger partial charge in [0.15, 0.2) is 0 Å².